The Morgan fingerprint density at radius 3 is 2.68 bits per heavy atom. The van der Waals surface area contributed by atoms with Crippen molar-refractivity contribution in [2.75, 3.05) is 5.32 Å². The fraction of sp³-hybridized carbons (Fsp3) is 0.286. The summed E-state index contributed by atoms with van der Waals surface area (Å²) in [6, 6.07) is 11.6. The van der Waals surface area contributed by atoms with E-state index < -0.39 is 0 Å². The van der Waals surface area contributed by atoms with Crippen molar-refractivity contribution < 1.29 is 14.0 Å². The summed E-state index contributed by atoms with van der Waals surface area (Å²) < 4.78 is 5.14. The van der Waals surface area contributed by atoms with Gasteiger partial charge in [-0.3, -0.25) is 14.9 Å². The highest BCUT2D eigenvalue weighted by Gasteiger charge is 2.17. The number of carbonyl (C=O) groups is 2. The second-order valence-corrected chi connectivity index (χ2v) is 7.34. The second-order valence-electron chi connectivity index (χ2n) is 6.48. The molecular weight excluding hydrogens is 374 g/mol. The summed E-state index contributed by atoms with van der Waals surface area (Å²) in [6.07, 6.45) is 3.49. The predicted octanol–water partition coefficient (Wildman–Crippen LogP) is 4.50. The van der Waals surface area contributed by atoms with Crippen LogP contribution in [0, 0.1) is 6.92 Å². The number of rotatable bonds is 8. The molecule has 7 heteroatoms. The molecule has 0 saturated carbocycles. The molecule has 0 bridgehead atoms. The Bertz CT molecular complexity index is 933. The third-order valence-corrected chi connectivity index (χ3v) is 5.14. The molecule has 28 heavy (non-hydrogen) atoms. The molecule has 0 radical (unpaired) electrons. The minimum Gasteiger partial charge on any atom is -0.469 e. The van der Waals surface area contributed by atoms with E-state index in [1.807, 2.05) is 30.3 Å². The van der Waals surface area contributed by atoms with Gasteiger partial charge in [0.05, 0.1) is 30.0 Å². The minimum atomic E-state index is -0.274. The molecule has 146 valence electrons. The molecule has 2 heterocycles. The van der Waals surface area contributed by atoms with Crippen molar-refractivity contribution in [1.29, 1.82) is 0 Å². The van der Waals surface area contributed by atoms with Crippen molar-refractivity contribution in [3.8, 4) is 0 Å². The first-order valence-corrected chi connectivity index (χ1v) is 10.1. The van der Waals surface area contributed by atoms with Crippen molar-refractivity contribution in [2.45, 2.75) is 39.2 Å². The van der Waals surface area contributed by atoms with Crippen LogP contribution in [-0.4, -0.2) is 16.8 Å². The van der Waals surface area contributed by atoms with Gasteiger partial charge in [-0.2, -0.15) is 0 Å². The molecule has 2 amide bonds. The number of hydrogen-bond acceptors (Lipinski definition) is 5. The molecule has 6 nitrogen and oxygen atoms in total. The minimum absolute atomic E-state index is 0.0134. The topological polar surface area (TPSA) is 84.2 Å². The lowest BCUT2D eigenvalue weighted by atomic mass is 10.0. The molecule has 2 N–H and O–H groups in total. The fourth-order valence-electron chi connectivity index (χ4n) is 2.94. The molecule has 1 atom stereocenters. The number of nitrogens with one attached hydrogen (secondary N) is 2. The number of aryl methyl sites for hydroxylation is 1. The quantitative estimate of drug-likeness (QED) is 0.586. The zero-order valence-corrected chi connectivity index (χ0v) is 16.7. The van der Waals surface area contributed by atoms with E-state index in [0.29, 0.717) is 22.1 Å². The molecule has 0 saturated heterocycles. The Kier molecular flexibility index (Phi) is 6.60. The van der Waals surface area contributed by atoms with Crippen LogP contribution in [0.3, 0.4) is 0 Å². The van der Waals surface area contributed by atoms with Crippen LogP contribution >= 0.6 is 11.3 Å². The number of thiazole rings is 1. The molecular formula is C21H23N3O3S. The SMILES string of the molecule is CCCC(NC(=O)Cc1csc(NC(=O)c2ccoc2C)n1)c1ccccc1. The van der Waals surface area contributed by atoms with Gasteiger partial charge < -0.3 is 9.73 Å². The Morgan fingerprint density at radius 1 is 1.21 bits per heavy atom. The standard InChI is InChI=1S/C21H23N3O3S/c1-3-7-18(15-8-5-4-6-9-15)23-19(25)12-16-13-28-21(22-16)24-20(26)17-10-11-27-14(17)2/h4-6,8-11,13,18H,3,7,12H2,1-2H3,(H,23,25)(H,22,24,26). The molecule has 2 aromatic heterocycles. The Labute approximate surface area is 168 Å². The van der Waals surface area contributed by atoms with E-state index in [9.17, 15) is 9.59 Å². The van der Waals surface area contributed by atoms with Gasteiger partial charge in [-0.05, 0) is 25.0 Å². The molecule has 0 spiro atoms. The Morgan fingerprint density at radius 2 is 2.00 bits per heavy atom. The van der Waals surface area contributed by atoms with Gasteiger partial charge in [0.25, 0.3) is 5.91 Å². The Hall–Kier alpha value is -2.93. The lowest BCUT2D eigenvalue weighted by Gasteiger charge is -2.18. The fourth-order valence-corrected chi connectivity index (χ4v) is 3.64. The van der Waals surface area contributed by atoms with E-state index >= 15 is 0 Å². The summed E-state index contributed by atoms with van der Waals surface area (Å²) in [4.78, 5) is 29.1. The van der Waals surface area contributed by atoms with Crippen LogP contribution < -0.4 is 10.6 Å². The van der Waals surface area contributed by atoms with Crippen molar-refractivity contribution in [1.82, 2.24) is 10.3 Å². The lowest BCUT2D eigenvalue weighted by molar-refractivity contribution is -0.121. The number of amides is 2. The smallest absolute Gasteiger partial charge is 0.260 e. The van der Waals surface area contributed by atoms with Crippen molar-refractivity contribution in [3.63, 3.8) is 0 Å². The average molecular weight is 398 g/mol. The summed E-state index contributed by atoms with van der Waals surface area (Å²) in [7, 11) is 0. The van der Waals surface area contributed by atoms with Crippen molar-refractivity contribution in [2.24, 2.45) is 0 Å². The maximum absolute atomic E-state index is 12.5. The van der Waals surface area contributed by atoms with Crippen LogP contribution in [0.25, 0.3) is 0 Å². The number of carbonyl (C=O) groups excluding carboxylic acids is 2. The van der Waals surface area contributed by atoms with Crippen molar-refractivity contribution in [3.05, 3.63) is 70.6 Å². The molecule has 1 unspecified atom stereocenters. The first-order chi connectivity index (χ1) is 13.6. The van der Waals surface area contributed by atoms with Gasteiger partial charge >= 0.3 is 0 Å². The molecule has 1 aromatic carbocycles. The van der Waals surface area contributed by atoms with Gasteiger partial charge in [0.2, 0.25) is 5.91 Å². The van der Waals surface area contributed by atoms with Gasteiger partial charge in [0, 0.05) is 5.38 Å². The molecule has 3 rings (SSSR count). The van der Waals surface area contributed by atoms with E-state index in [4.69, 9.17) is 4.42 Å². The van der Waals surface area contributed by atoms with E-state index in [0.717, 1.165) is 18.4 Å². The molecule has 0 aliphatic rings. The molecule has 0 aliphatic heterocycles. The largest absolute Gasteiger partial charge is 0.469 e. The van der Waals surface area contributed by atoms with Gasteiger partial charge in [-0.15, -0.1) is 11.3 Å². The first kappa shape index (κ1) is 19.8. The number of aromatic nitrogens is 1. The number of anilines is 1. The summed E-state index contributed by atoms with van der Waals surface area (Å²) >= 11 is 1.29. The molecule has 0 aliphatic carbocycles. The van der Waals surface area contributed by atoms with Crippen LogP contribution in [0.1, 0.15) is 53.2 Å². The summed E-state index contributed by atoms with van der Waals surface area (Å²) in [5.41, 5.74) is 2.20. The number of nitrogens with zero attached hydrogens (tertiary/aromatic N) is 1. The summed E-state index contributed by atoms with van der Waals surface area (Å²) in [5, 5.41) is 8.08. The average Bonchev–Trinajstić information content (AvgIpc) is 3.30. The third-order valence-electron chi connectivity index (χ3n) is 4.33. The number of hydrogen-bond donors (Lipinski definition) is 2. The van der Waals surface area contributed by atoms with E-state index in [1.165, 1.54) is 17.6 Å². The van der Waals surface area contributed by atoms with Crippen LogP contribution in [0.15, 0.2) is 52.5 Å². The monoisotopic (exact) mass is 397 g/mol. The Balaban J connectivity index is 1.58. The third kappa shape index (κ3) is 5.07. The maximum Gasteiger partial charge on any atom is 0.260 e. The highest BCUT2D eigenvalue weighted by molar-refractivity contribution is 7.14. The highest BCUT2D eigenvalue weighted by atomic mass is 32.1. The molecule has 3 aromatic rings. The van der Waals surface area contributed by atoms with Crippen molar-refractivity contribution >= 4 is 28.3 Å². The zero-order valence-electron chi connectivity index (χ0n) is 15.9. The second kappa shape index (κ2) is 9.32. The van der Waals surface area contributed by atoms with Gasteiger partial charge in [0.15, 0.2) is 5.13 Å². The van der Waals surface area contributed by atoms with Crippen LogP contribution in [0.2, 0.25) is 0 Å². The molecule has 0 fully saturated rings. The van der Waals surface area contributed by atoms with Gasteiger partial charge in [-0.25, -0.2) is 4.98 Å². The predicted molar refractivity (Wildman–Crippen MR) is 109 cm³/mol. The van der Waals surface area contributed by atoms with Crippen LogP contribution in [0.4, 0.5) is 5.13 Å². The van der Waals surface area contributed by atoms with Crippen LogP contribution in [-0.2, 0) is 11.2 Å². The normalized spacial score (nSPS) is 11.8. The van der Waals surface area contributed by atoms with E-state index in [2.05, 4.69) is 22.5 Å². The maximum atomic E-state index is 12.5. The summed E-state index contributed by atoms with van der Waals surface area (Å²) in [6.45, 7) is 3.82. The van der Waals surface area contributed by atoms with E-state index in [1.54, 1.807) is 18.4 Å². The van der Waals surface area contributed by atoms with Gasteiger partial charge in [-0.1, -0.05) is 43.7 Å². The summed E-state index contributed by atoms with van der Waals surface area (Å²) in [5.74, 6) is 0.191. The number of furan rings is 1. The van der Waals surface area contributed by atoms with Crippen LogP contribution in [0.5, 0.6) is 0 Å². The van der Waals surface area contributed by atoms with Gasteiger partial charge in [0.1, 0.15) is 5.76 Å². The van der Waals surface area contributed by atoms with E-state index in [-0.39, 0.29) is 24.3 Å². The first-order valence-electron chi connectivity index (χ1n) is 9.21. The number of benzene rings is 1. The zero-order chi connectivity index (χ0) is 19.9. The lowest BCUT2D eigenvalue weighted by Crippen LogP contribution is -2.29. The highest BCUT2D eigenvalue weighted by Crippen LogP contribution is 2.20.